The van der Waals surface area contributed by atoms with Crippen molar-refractivity contribution in [2.75, 3.05) is 0 Å². The lowest BCUT2D eigenvalue weighted by molar-refractivity contribution is 1.06. The van der Waals surface area contributed by atoms with E-state index in [1.807, 2.05) is 6.92 Å². The molecule has 0 radical (unpaired) electrons. The zero-order valence-corrected chi connectivity index (χ0v) is 7.06. The topological polar surface area (TPSA) is 63.6 Å². The number of allylic oxidation sites excluding steroid dienone is 1. The number of aromatic nitrogens is 4. The third-order valence-electron chi connectivity index (χ3n) is 1.65. The summed E-state index contributed by atoms with van der Waals surface area (Å²) in [4.78, 5) is 21.9. The van der Waals surface area contributed by atoms with Gasteiger partial charge in [0, 0.05) is 18.6 Å². The second-order valence-corrected chi connectivity index (χ2v) is 2.51. The maximum atomic E-state index is 11.3. The van der Waals surface area contributed by atoms with Crippen molar-refractivity contribution >= 4 is 17.5 Å². The summed E-state index contributed by atoms with van der Waals surface area (Å²) < 4.78 is 1.42. The number of imidazole rings is 1. The minimum absolute atomic E-state index is 0.223. The van der Waals surface area contributed by atoms with Gasteiger partial charge in [0.05, 0.1) is 0 Å². The summed E-state index contributed by atoms with van der Waals surface area (Å²) in [7, 11) is 0. The van der Waals surface area contributed by atoms with Crippen molar-refractivity contribution in [3.05, 3.63) is 29.0 Å². The molecular weight excluding hydrogens is 168 g/mol. The average Bonchev–Trinajstić information content (AvgIpc) is 2.44. The summed E-state index contributed by atoms with van der Waals surface area (Å²) >= 11 is 0. The van der Waals surface area contributed by atoms with Gasteiger partial charge in [-0.1, -0.05) is 6.08 Å². The Balaban J connectivity index is 2.86. The molecule has 5 heteroatoms. The lowest BCUT2D eigenvalue weighted by atomic mass is 10.6. The van der Waals surface area contributed by atoms with Crippen molar-refractivity contribution < 1.29 is 0 Å². The van der Waals surface area contributed by atoms with Gasteiger partial charge < -0.3 is 0 Å². The highest BCUT2D eigenvalue weighted by Crippen LogP contribution is 2.01. The first-order valence-corrected chi connectivity index (χ1v) is 3.87. The van der Waals surface area contributed by atoms with Gasteiger partial charge in [0.25, 0.3) is 0 Å². The van der Waals surface area contributed by atoms with Crippen LogP contribution >= 0.6 is 0 Å². The molecule has 0 spiro atoms. The predicted molar refractivity (Wildman–Crippen MR) is 49.2 cm³/mol. The molecule has 0 unspecified atom stereocenters. The van der Waals surface area contributed by atoms with E-state index in [0.717, 1.165) is 0 Å². The van der Waals surface area contributed by atoms with E-state index < -0.39 is 0 Å². The summed E-state index contributed by atoms with van der Waals surface area (Å²) in [5.74, 6) is 0. The van der Waals surface area contributed by atoms with E-state index in [-0.39, 0.29) is 5.69 Å². The number of hydrogen-bond donors (Lipinski definition) is 1. The van der Waals surface area contributed by atoms with E-state index in [1.165, 1.54) is 10.8 Å². The molecule has 0 aliphatic rings. The Labute approximate surface area is 73.8 Å². The van der Waals surface area contributed by atoms with E-state index in [4.69, 9.17) is 0 Å². The van der Waals surface area contributed by atoms with Crippen molar-refractivity contribution in [3.63, 3.8) is 0 Å². The van der Waals surface area contributed by atoms with Crippen LogP contribution in [0.15, 0.2) is 23.3 Å². The number of rotatable bonds is 1. The smallest absolute Gasteiger partial charge is 0.288 e. The monoisotopic (exact) mass is 176 g/mol. The molecule has 13 heavy (non-hydrogen) atoms. The number of H-pyrrole nitrogens is 1. The summed E-state index contributed by atoms with van der Waals surface area (Å²) in [5.41, 5.74) is 0.829. The van der Waals surface area contributed by atoms with E-state index in [2.05, 4.69) is 15.0 Å². The number of fused-ring (bicyclic) bond motifs is 1. The van der Waals surface area contributed by atoms with Gasteiger partial charge in [0.1, 0.15) is 0 Å². The molecule has 2 heterocycles. The van der Waals surface area contributed by atoms with Gasteiger partial charge in [-0.05, 0) is 6.92 Å². The number of aromatic amines is 1. The fourth-order valence-corrected chi connectivity index (χ4v) is 1.14. The Morgan fingerprint density at radius 3 is 3.00 bits per heavy atom. The first kappa shape index (κ1) is 7.72. The Morgan fingerprint density at radius 2 is 2.23 bits per heavy atom. The molecule has 0 aliphatic heterocycles. The minimum atomic E-state index is -0.223. The van der Waals surface area contributed by atoms with E-state index in [1.54, 1.807) is 18.5 Å². The Hall–Kier alpha value is -1.91. The van der Waals surface area contributed by atoms with Gasteiger partial charge in [0.2, 0.25) is 0 Å². The number of nitrogens with zero attached hydrogens (tertiary/aromatic N) is 3. The molecule has 0 aliphatic carbocycles. The summed E-state index contributed by atoms with van der Waals surface area (Å²) in [6, 6.07) is 0. The third-order valence-corrected chi connectivity index (χ3v) is 1.65. The lowest BCUT2D eigenvalue weighted by Crippen LogP contribution is -2.11. The highest BCUT2D eigenvalue weighted by atomic mass is 16.1. The molecular formula is C8H8N4O. The molecule has 2 rings (SSSR count). The molecule has 0 bridgehead atoms. The quantitative estimate of drug-likeness (QED) is 0.692. The third kappa shape index (κ3) is 1.14. The van der Waals surface area contributed by atoms with Crippen LogP contribution in [-0.2, 0) is 0 Å². The molecule has 0 aromatic carbocycles. The molecule has 66 valence electrons. The van der Waals surface area contributed by atoms with Crippen LogP contribution in [-0.4, -0.2) is 19.5 Å². The summed E-state index contributed by atoms with van der Waals surface area (Å²) in [5, 5.41) is 0. The van der Waals surface area contributed by atoms with Crippen LogP contribution in [0.4, 0.5) is 0 Å². The zero-order valence-electron chi connectivity index (χ0n) is 7.06. The van der Waals surface area contributed by atoms with E-state index >= 15 is 0 Å². The molecule has 0 saturated heterocycles. The van der Waals surface area contributed by atoms with Gasteiger partial charge in [-0.3, -0.25) is 9.55 Å². The largest absolute Gasteiger partial charge is 0.333 e. The van der Waals surface area contributed by atoms with Crippen LogP contribution in [0.25, 0.3) is 17.5 Å². The van der Waals surface area contributed by atoms with Crippen molar-refractivity contribution in [2.45, 2.75) is 6.92 Å². The van der Waals surface area contributed by atoms with Crippen LogP contribution in [0.3, 0.4) is 0 Å². The first-order chi connectivity index (χ1) is 6.33. The average molecular weight is 176 g/mol. The van der Waals surface area contributed by atoms with Crippen LogP contribution in [0.1, 0.15) is 6.92 Å². The van der Waals surface area contributed by atoms with Gasteiger partial charge in [-0.2, -0.15) is 0 Å². The molecule has 2 aromatic heterocycles. The molecule has 0 fully saturated rings. The van der Waals surface area contributed by atoms with Crippen LogP contribution in [0, 0.1) is 0 Å². The van der Waals surface area contributed by atoms with Gasteiger partial charge >= 0.3 is 5.69 Å². The van der Waals surface area contributed by atoms with Gasteiger partial charge in [-0.15, -0.1) is 0 Å². The van der Waals surface area contributed by atoms with Gasteiger partial charge in [0.15, 0.2) is 11.3 Å². The van der Waals surface area contributed by atoms with Crippen LogP contribution in [0.5, 0.6) is 0 Å². The van der Waals surface area contributed by atoms with Crippen molar-refractivity contribution in [2.24, 2.45) is 0 Å². The van der Waals surface area contributed by atoms with Crippen LogP contribution < -0.4 is 5.69 Å². The Bertz CT molecular complexity index is 508. The Kier molecular flexibility index (Phi) is 1.70. The molecule has 5 nitrogen and oxygen atoms in total. The molecule has 1 N–H and O–H groups in total. The summed E-state index contributed by atoms with van der Waals surface area (Å²) in [6.07, 6.45) is 6.51. The van der Waals surface area contributed by atoms with Crippen LogP contribution in [0.2, 0.25) is 0 Å². The standard InChI is InChI=1S/C8H8N4O/c1-2-5-12-7-6(11-8(12)13)9-3-4-10-7/h2-5H,1H3,(H,9,11,13). The molecule has 0 atom stereocenters. The summed E-state index contributed by atoms with van der Waals surface area (Å²) in [6.45, 7) is 1.83. The highest BCUT2D eigenvalue weighted by molar-refractivity contribution is 5.67. The highest BCUT2D eigenvalue weighted by Gasteiger charge is 2.04. The van der Waals surface area contributed by atoms with E-state index in [9.17, 15) is 4.79 Å². The number of hydrogen-bond acceptors (Lipinski definition) is 3. The van der Waals surface area contributed by atoms with E-state index in [0.29, 0.717) is 11.3 Å². The second kappa shape index (κ2) is 2.85. The molecule has 2 aromatic rings. The van der Waals surface area contributed by atoms with Crippen molar-refractivity contribution in [1.82, 2.24) is 19.5 Å². The Morgan fingerprint density at radius 1 is 1.46 bits per heavy atom. The lowest BCUT2D eigenvalue weighted by Gasteiger charge is -1.90. The first-order valence-electron chi connectivity index (χ1n) is 3.87. The number of nitrogens with one attached hydrogen (secondary N) is 1. The fourth-order valence-electron chi connectivity index (χ4n) is 1.14. The fraction of sp³-hybridized carbons (Fsp3) is 0.125. The second-order valence-electron chi connectivity index (χ2n) is 2.51. The maximum Gasteiger partial charge on any atom is 0.333 e. The molecule has 0 saturated carbocycles. The maximum absolute atomic E-state index is 11.3. The van der Waals surface area contributed by atoms with Crippen molar-refractivity contribution in [3.8, 4) is 0 Å². The zero-order chi connectivity index (χ0) is 9.26. The normalized spacial score (nSPS) is 11.5. The molecule has 0 amide bonds. The van der Waals surface area contributed by atoms with Gasteiger partial charge in [-0.25, -0.2) is 14.8 Å². The SMILES string of the molecule is CC=Cn1c(=O)[nH]c2nccnc21. The van der Waals surface area contributed by atoms with Crippen molar-refractivity contribution in [1.29, 1.82) is 0 Å². The predicted octanol–water partition coefficient (Wildman–Crippen LogP) is 0.610. The minimum Gasteiger partial charge on any atom is -0.288 e.